The molecule has 7 unspecified atom stereocenters. The number of carbonyl (C=O) groups excluding carboxylic acids is 1. The number of hydrogen-bond donors (Lipinski definition) is 2. The summed E-state index contributed by atoms with van der Waals surface area (Å²) in [6.07, 6.45) is 17.9. The van der Waals surface area contributed by atoms with Crippen molar-refractivity contribution in [3.63, 3.8) is 0 Å². The van der Waals surface area contributed by atoms with Gasteiger partial charge in [-0.1, -0.05) is 66.0 Å². The molecule has 0 aromatic carbocycles. The molecule has 9 atom stereocenters. The van der Waals surface area contributed by atoms with E-state index in [2.05, 4.69) is 47.6 Å². The van der Waals surface area contributed by atoms with Crippen molar-refractivity contribution in [3.05, 3.63) is 11.6 Å². The average Bonchev–Trinajstić information content (AvgIpc) is 3.29. The van der Waals surface area contributed by atoms with Gasteiger partial charge in [0.1, 0.15) is 6.10 Å². The highest BCUT2D eigenvalue weighted by atomic mass is 35.5. The summed E-state index contributed by atoms with van der Waals surface area (Å²) in [5.74, 6) is 5.88. The smallest absolute Gasteiger partial charge is 0.410 e. The minimum atomic E-state index is -0.327. The van der Waals surface area contributed by atoms with Crippen molar-refractivity contribution < 1.29 is 9.53 Å². The summed E-state index contributed by atoms with van der Waals surface area (Å²) >= 11 is 0. The Bertz CT molecular complexity index is 1020. The van der Waals surface area contributed by atoms with Crippen molar-refractivity contribution >= 4 is 30.9 Å². The molecular weight excluding hydrogens is 625 g/mol. The molecule has 4 N–H and O–H groups in total. The predicted octanol–water partition coefficient (Wildman–Crippen LogP) is 10.6. The molecule has 3 saturated carbocycles. The lowest BCUT2D eigenvalue weighted by atomic mass is 9.47. The van der Waals surface area contributed by atoms with E-state index in [0.717, 1.165) is 73.5 Å². The fourth-order valence-electron chi connectivity index (χ4n) is 10.7. The molecule has 0 aromatic heterocycles. The Hall–Kier alpha value is -0.490. The van der Waals surface area contributed by atoms with E-state index < -0.39 is 0 Å². The number of halogens is 2. The summed E-state index contributed by atoms with van der Waals surface area (Å²) in [4.78, 5) is 15.3. The summed E-state index contributed by atoms with van der Waals surface area (Å²) in [6, 6.07) is 0. The van der Waals surface area contributed by atoms with E-state index in [1.807, 2.05) is 32.6 Å². The molecule has 5 nitrogen and oxygen atoms in total. The maximum atomic E-state index is 13.5. The van der Waals surface area contributed by atoms with Crippen LogP contribution in [0.4, 0.5) is 4.79 Å². The second-order valence-electron chi connectivity index (χ2n) is 18.7. The van der Waals surface area contributed by atoms with Crippen LogP contribution in [0.25, 0.3) is 0 Å². The van der Waals surface area contributed by atoms with Gasteiger partial charge >= 0.3 is 6.09 Å². The zero-order valence-corrected chi connectivity index (χ0v) is 33.7. The molecule has 0 aliphatic heterocycles. The number of allylic oxidation sites excluding steroid dienone is 1. The Labute approximate surface area is 302 Å². The number of fused-ring (bicyclic) bond motifs is 5. The molecule has 1 amide bonds. The SMILES string of the molecule is CC[C@H](CC[C@@H](C)C1CCC2C3CC=C4CC(OC(=O)N(CCC(C)(C)N)CCC(C)(C)N)CCC4(C)C3CCC21C)C(C)C.Cl.Cl. The van der Waals surface area contributed by atoms with E-state index in [0.29, 0.717) is 18.5 Å². The largest absolute Gasteiger partial charge is 0.446 e. The molecule has 0 bridgehead atoms. The highest BCUT2D eigenvalue weighted by Crippen LogP contribution is 2.67. The lowest BCUT2D eigenvalue weighted by Crippen LogP contribution is -2.51. The van der Waals surface area contributed by atoms with Gasteiger partial charge in [-0.2, -0.15) is 0 Å². The van der Waals surface area contributed by atoms with Crippen molar-refractivity contribution in [2.75, 3.05) is 13.1 Å². The van der Waals surface area contributed by atoms with E-state index >= 15 is 0 Å². The van der Waals surface area contributed by atoms with Crippen molar-refractivity contribution in [3.8, 4) is 0 Å². The molecule has 4 aliphatic rings. The molecule has 0 radical (unpaired) electrons. The minimum Gasteiger partial charge on any atom is -0.446 e. The predicted molar refractivity (Wildman–Crippen MR) is 204 cm³/mol. The Morgan fingerprint density at radius 2 is 1.55 bits per heavy atom. The number of ether oxygens (including phenoxy) is 1. The van der Waals surface area contributed by atoms with Gasteiger partial charge in [0.25, 0.3) is 0 Å². The van der Waals surface area contributed by atoms with Crippen LogP contribution in [-0.4, -0.2) is 41.3 Å². The standard InChI is InChI=1S/C40H73N3O2.2ClH/c1-11-29(27(2)3)13-12-28(4)33-16-17-34-32-15-14-30-26-31(18-20-39(30,9)35(32)19-21-40(33,34)10)45-36(44)43(24-22-37(5,6)41)25-23-38(7,8)42;;/h14,27-29,31-35H,11-13,15-26,41-42H2,1-10H3;2*1H/t28-,29-,31?,32?,33?,34?,35?,39?,40?;;/m1../s1. The first kappa shape index (κ1) is 42.7. The monoisotopic (exact) mass is 700 g/mol. The van der Waals surface area contributed by atoms with Crippen LogP contribution in [0.2, 0.25) is 0 Å². The summed E-state index contributed by atoms with van der Waals surface area (Å²) in [7, 11) is 0. The van der Waals surface area contributed by atoms with E-state index in [1.165, 1.54) is 51.4 Å². The molecule has 276 valence electrons. The molecule has 7 heteroatoms. The summed E-state index contributed by atoms with van der Waals surface area (Å²) in [5.41, 5.74) is 14.3. The number of carbonyl (C=O) groups is 1. The van der Waals surface area contributed by atoms with Crippen molar-refractivity contribution in [1.82, 2.24) is 4.90 Å². The van der Waals surface area contributed by atoms with Crippen LogP contribution in [-0.2, 0) is 4.74 Å². The van der Waals surface area contributed by atoms with E-state index in [4.69, 9.17) is 16.2 Å². The Balaban J connectivity index is 0.00000384. The van der Waals surface area contributed by atoms with Crippen molar-refractivity contribution in [2.24, 2.45) is 63.7 Å². The van der Waals surface area contributed by atoms with Gasteiger partial charge in [0.2, 0.25) is 0 Å². The topological polar surface area (TPSA) is 81.6 Å². The third-order valence-corrected chi connectivity index (χ3v) is 13.9. The van der Waals surface area contributed by atoms with Gasteiger partial charge < -0.3 is 21.1 Å². The number of rotatable bonds is 13. The zero-order valence-electron chi connectivity index (χ0n) is 32.0. The Morgan fingerprint density at radius 1 is 0.936 bits per heavy atom. The van der Waals surface area contributed by atoms with Gasteiger partial charge in [-0.05, 0) is 144 Å². The molecule has 0 aromatic rings. The van der Waals surface area contributed by atoms with Crippen LogP contribution in [0.15, 0.2) is 11.6 Å². The van der Waals surface area contributed by atoms with Gasteiger partial charge in [-0.15, -0.1) is 24.8 Å². The molecule has 4 rings (SSSR count). The van der Waals surface area contributed by atoms with Gasteiger partial charge in [0, 0.05) is 30.6 Å². The molecule has 0 saturated heterocycles. The summed E-state index contributed by atoms with van der Waals surface area (Å²) < 4.78 is 6.27. The Kier molecular flexibility index (Phi) is 15.2. The molecule has 3 fully saturated rings. The Morgan fingerprint density at radius 3 is 2.11 bits per heavy atom. The number of nitrogens with two attached hydrogens (primary N) is 2. The zero-order chi connectivity index (χ0) is 33.4. The van der Waals surface area contributed by atoms with Crippen LogP contribution in [0.5, 0.6) is 0 Å². The first-order valence-electron chi connectivity index (χ1n) is 19.1. The third kappa shape index (κ3) is 10.1. The fourth-order valence-corrected chi connectivity index (χ4v) is 10.7. The number of hydrogen-bond acceptors (Lipinski definition) is 4. The highest BCUT2D eigenvalue weighted by Gasteiger charge is 2.59. The first-order chi connectivity index (χ1) is 20.9. The van der Waals surface area contributed by atoms with Gasteiger partial charge in [0.15, 0.2) is 0 Å². The third-order valence-electron chi connectivity index (χ3n) is 13.9. The van der Waals surface area contributed by atoms with E-state index in [1.54, 1.807) is 5.57 Å². The number of nitrogens with zero attached hydrogens (tertiary/aromatic N) is 1. The second-order valence-corrected chi connectivity index (χ2v) is 18.7. The van der Waals surface area contributed by atoms with Crippen molar-refractivity contribution in [2.45, 2.75) is 170 Å². The first-order valence-corrected chi connectivity index (χ1v) is 19.1. The minimum absolute atomic E-state index is 0. The molecule has 47 heavy (non-hydrogen) atoms. The molecule has 0 heterocycles. The lowest BCUT2D eigenvalue weighted by Gasteiger charge is -2.58. The second kappa shape index (κ2) is 16.7. The number of amides is 1. The van der Waals surface area contributed by atoms with Gasteiger partial charge in [-0.3, -0.25) is 0 Å². The fraction of sp³-hybridized carbons (Fsp3) is 0.925. The normalized spacial score (nSPS) is 33.3. The van der Waals surface area contributed by atoms with Crippen LogP contribution in [0, 0.1) is 52.3 Å². The van der Waals surface area contributed by atoms with Crippen LogP contribution in [0.1, 0.15) is 153 Å². The average molecular weight is 701 g/mol. The van der Waals surface area contributed by atoms with Gasteiger partial charge in [-0.25, -0.2) is 4.79 Å². The lowest BCUT2D eigenvalue weighted by molar-refractivity contribution is -0.0596. The molecular formula is C40H75Cl2N3O2. The summed E-state index contributed by atoms with van der Waals surface area (Å²) in [5, 5.41) is 0. The van der Waals surface area contributed by atoms with Gasteiger partial charge in [0.05, 0.1) is 0 Å². The highest BCUT2D eigenvalue weighted by molar-refractivity contribution is 5.85. The maximum Gasteiger partial charge on any atom is 0.410 e. The van der Waals surface area contributed by atoms with E-state index in [9.17, 15) is 4.79 Å². The van der Waals surface area contributed by atoms with Crippen LogP contribution >= 0.6 is 24.8 Å². The van der Waals surface area contributed by atoms with E-state index in [-0.39, 0.29) is 53.5 Å². The van der Waals surface area contributed by atoms with Crippen LogP contribution < -0.4 is 11.5 Å². The van der Waals surface area contributed by atoms with Crippen LogP contribution in [0.3, 0.4) is 0 Å². The van der Waals surface area contributed by atoms with Crippen molar-refractivity contribution in [1.29, 1.82) is 0 Å². The quantitative estimate of drug-likeness (QED) is 0.187. The molecule has 0 spiro atoms. The molecule has 4 aliphatic carbocycles. The maximum absolute atomic E-state index is 13.5. The summed E-state index contributed by atoms with van der Waals surface area (Å²) in [6.45, 7) is 24.4.